The largest absolute Gasteiger partial charge is 0.756 e. The molecule has 3 atom stereocenters. The van der Waals surface area contributed by atoms with E-state index in [1.807, 2.05) is 27.2 Å². The highest BCUT2D eigenvalue weighted by Crippen LogP contribution is 2.38. The molecule has 2 N–H and O–H groups in total. The van der Waals surface area contributed by atoms with Crippen LogP contribution in [0.3, 0.4) is 0 Å². The molecule has 0 rings (SSSR count). The van der Waals surface area contributed by atoms with E-state index in [1.165, 1.54) is 193 Å². The summed E-state index contributed by atoms with van der Waals surface area (Å²) in [5.74, 6) is -0.208. The fourth-order valence-corrected chi connectivity index (χ4v) is 8.52. The lowest BCUT2D eigenvalue weighted by atomic mass is 10.0. The lowest BCUT2D eigenvalue weighted by Gasteiger charge is -2.29. The summed E-state index contributed by atoms with van der Waals surface area (Å²) >= 11 is 0. The zero-order chi connectivity index (χ0) is 46.4. The first-order valence-electron chi connectivity index (χ1n) is 26.9. The van der Waals surface area contributed by atoms with Crippen molar-refractivity contribution in [1.29, 1.82) is 0 Å². The molecule has 0 fully saturated rings. The van der Waals surface area contributed by atoms with Gasteiger partial charge in [-0.05, 0) is 51.4 Å². The molecule has 8 nitrogen and oxygen atoms in total. The lowest BCUT2D eigenvalue weighted by Crippen LogP contribution is -2.45. The van der Waals surface area contributed by atoms with Crippen molar-refractivity contribution in [2.75, 3.05) is 40.9 Å². The van der Waals surface area contributed by atoms with Crippen LogP contribution in [0.4, 0.5) is 0 Å². The van der Waals surface area contributed by atoms with Gasteiger partial charge in [-0.3, -0.25) is 9.36 Å². The number of phosphoric ester groups is 1. The minimum absolute atomic E-state index is 0.00565. The average molecular weight is 909 g/mol. The summed E-state index contributed by atoms with van der Waals surface area (Å²) in [6, 6.07) is -0.898. The van der Waals surface area contributed by atoms with Gasteiger partial charge < -0.3 is 28.8 Å². The van der Waals surface area contributed by atoms with E-state index in [0.29, 0.717) is 17.4 Å². The van der Waals surface area contributed by atoms with Crippen molar-refractivity contribution in [2.24, 2.45) is 0 Å². The number of rotatable bonds is 49. The Morgan fingerprint density at radius 1 is 0.540 bits per heavy atom. The Morgan fingerprint density at radius 3 is 1.33 bits per heavy atom. The standard InChI is InChI=1S/C54H105N2O6P/c1-6-8-10-12-14-16-17-18-19-20-21-22-23-24-25-26-27-28-29-30-31-32-33-34-35-36-37-38-39-40-42-44-46-48-54(58)55-52(51-62-63(59,60)61-50-49-56(3,4)5)53(57)47-45-43-41-15-13-11-9-7-2/h13,15,20-21,45,47,52-53,57H,6-12,14,16-19,22-44,46,48-51H2,1-5H3,(H-,55,58,59,60)/b15-13+,21-20-,47-45+. The Bertz CT molecular complexity index is 1120. The minimum atomic E-state index is -4.59. The maximum absolute atomic E-state index is 12.8. The minimum Gasteiger partial charge on any atom is -0.756 e. The topological polar surface area (TPSA) is 108 Å². The number of hydrogen-bond acceptors (Lipinski definition) is 6. The van der Waals surface area contributed by atoms with E-state index in [2.05, 4.69) is 43.5 Å². The first kappa shape index (κ1) is 61.7. The number of allylic oxidation sites excluding steroid dienone is 5. The molecule has 0 aromatic carbocycles. The SMILES string of the molecule is CCCC/C=C/CC/C=C/C(O)C(COP(=O)([O-])OCC[N+](C)(C)C)NC(=O)CCCCCCCCCCCCCCCCCCCCCCC/C=C\CCCCCCCCCC. The van der Waals surface area contributed by atoms with Crippen LogP contribution in [-0.2, 0) is 18.4 Å². The van der Waals surface area contributed by atoms with Crippen LogP contribution >= 0.6 is 7.82 Å². The summed E-state index contributed by atoms with van der Waals surface area (Å²) in [5.41, 5.74) is 0. The number of quaternary nitrogens is 1. The molecule has 3 unspecified atom stereocenters. The molecule has 0 bridgehead atoms. The summed E-state index contributed by atoms with van der Waals surface area (Å²) in [7, 11) is 1.25. The molecule has 0 aromatic heterocycles. The van der Waals surface area contributed by atoms with Crippen molar-refractivity contribution >= 4 is 13.7 Å². The van der Waals surface area contributed by atoms with Crippen molar-refractivity contribution in [3.8, 4) is 0 Å². The van der Waals surface area contributed by atoms with Crippen molar-refractivity contribution in [3.63, 3.8) is 0 Å². The molecule has 63 heavy (non-hydrogen) atoms. The molecule has 0 spiro atoms. The van der Waals surface area contributed by atoms with Gasteiger partial charge in [0.1, 0.15) is 13.2 Å². The van der Waals surface area contributed by atoms with E-state index in [0.717, 1.165) is 38.5 Å². The van der Waals surface area contributed by atoms with Crippen LogP contribution in [0.1, 0.15) is 251 Å². The van der Waals surface area contributed by atoms with Crippen LogP contribution in [0.25, 0.3) is 0 Å². The van der Waals surface area contributed by atoms with Crippen LogP contribution in [0.2, 0.25) is 0 Å². The molecular weight excluding hydrogens is 804 g/mol. The molecule has 9 heteroatoms. The zero-order valence-electron chi connectivity index (χ0n) is 42.3. The van der Waals surface area contributed by atoms with Crippen molar-refractivity contribution in [3.05, 3.63) is 36.5 Å². The van der Waals surface area contributed by atoms with Gasteiger partial charge in [-0.2, -0.15) is 0 Å². The number of aliphatic hydroxyl groups excluding tert-OH is 1. The molecule has 0 saturated carbocycles. The maximum Gasteiger partial charge on any atom is 0.268 e. The van der Waals surface area contributed by atoms with E-state index < -0.39 is 26.6 Å². The highest BCUT2D eigenvalue weighted by Gasteiger charge is 2.23. The van der Waals surface area contributed by atoms with E-state index in [1.54, 1.807) is 6.08 Å². The molecule has 0 aliphatic heterocycles. The van der Waals surface area contributed by atoms with Crippen LogP contribution in [-0.4, -0.2) is 68.5 Å². The number of likely N-dealkylation sites (N-methyl/N-ethyl adjacent to an activating group) is 1. The molecule has 0 saturated heterocycles. The van der Waals surface area contributed by atoms with Crippen molar-refractivity contribution in [2.45, 2.75) is 264 Å². The third-order valence-electron chi connectivity index (χ3n) is 12.1. The molecule has 0 heterocycles. The predicted molar refractivity (Wildman–Crippen MR) is 270 cm³/mol. The third kappa shape index (κ3) is 48.5. The summed E-state index contributed by atoms with van der Waals surface area (Å²) in [4.78, 5) is 25.3. The van der Waals surface area contributed by atoms with Gasteiger partial charge in [0.2, 0.25) is 5.91 Å². The number of amides is 1. The molecule has 0 aliphatic rings. The molecular formula is C54H105N2O6P. The third-order valence-corrected chi connectivity index (χ3v) is 13.0. The highest BCUT2D eigenvalue weighted by atomic mass is 31.2. The van der Waals surface area contributed by atoms with E-state index >= 15 is 0 Å². The summed E-state index contributed by atoms with van der Waals surface area (Å²) in [6.07, 6.45) is 58.4. The number of unbranched alkanes of at least 4 members (excludes halogenated alkanes) is 32. The number of carbonyl (C=O) groups excluding carboxylic acids is 1. The van der Waals surface area contributed by atoms with Crippen LogP contribution < -0.4 is 10.2 Å². The summed E-state index contributed by atoms with van der Waals surface area (Å²) in [5, 5.41) is 13.7. The first-order valence-corrected chi connectivity index (χ1v) is 28.3. The second kappa shape index (κ2) is 45.9. The second-order valence-corrected chi connectivity index (χ2v) is 21.0. The van der Waals surface area contributed by atoms with E-state index in [9.17, 15) is 19.4 Å². The molecule has 0 radical (unpaired) electrons. The number of nitrogens with one attached hydrogen (secondary N) is 1. The Kier molecular flexibility index (Phi) is 44.9. The van der Waals surface area contributed by atoms with Crippen LogP contribution in [0.5, 0.6) is 0 Å². The Hall–Kier alpha value is -1.28. The number of hydrogen-bond donors (Lipinski definition) is 2. The molecule has 0 aliphatic carbocycles. The summed E-state index contributed by atoms with van der Waals surface area (Å²) < 4.78 is 23.1. The van der Waals surface area contributed by atoms with Gasteiger partial charge in [0.15, 0.2) is 0 Å². The monoisotopic (exact) mass is 909 g/mol. The van der Waals surface area contributed by atoms with E-state index in [4.69, 9.17) is 9.05 Å². The van der Waals surface area contributed by atoms with Crippen molar-refractivity contribution in [1.82, 2.24) is 5.32 Å². The Balaban J connectivity index is 3.88. The zero-order valence-corrected chi connectivity index (χ0v) is 43.2. The molecule has 372 valence electrons. The van der Waals surface area contributed by atoms with Gasteiger partial charge in [-0.1, -0.05) is 230 Å². The Labute approximate surface area is 391 Å². The van der Waals surface area contributed by atoms with Crippen molar-refractivity contribution < 1.29 is 32.9 Å². The number of nitrogens with zero attached hydrogens (tertiary/aromatic N) is 1. The lowest BCUT2D eigenvalue weighted by molar-refractivity contribution is -0.870. The van der Waals surface area contributed by atoms with E-state index in [-0.39, 0.29) is 12.5 Å². The van der Waals surface area contributed by atoms with Gasteiger partial charge in [-0.25, -0.2) is 0 Å². The fourth-order valence-electron chi connectivity index (χ4n) is 7.80. The van der Waals surface area contributed by atoms with Crippen LogP contribution in [0.15, 0.2) is 36.5 Å². The highest BCUT2D eigenvalue weighted by molar-refractivity contribution is 7.45. The van der Waals surface area contributed by atoms with Gasteiger partial charge in [-0.15, -0.1) is 0 Å². The number of carbonyl (C=O) groups is 1. The number of phosphoric acid groups is 1. The fraction of sp³-hybridized carbons (Fsp3) is 0.870. The van der Waals surface area contributed by atoms with Crippen LogP contribution in [0, 0.1) is 0 Å². The smallest absolute Gasteiger partial charge is 0.268 e. The molecule has 0 aromatic rings. The second-order valence-electron chi connectivity index (χ2n) is 19.6. The Morgan fingerprint density at radius 2 is 0.905 bits per heavy atom. The quantitative estimate of drug-likeness (QED) is 0.0272. The van der Waals surface area contributed by atoms with Gasteiger partial charge >= 0.3 is 0 Å². The summed E-state index contributed by atoms with van der Waals surface area (Å²) in [6.45, 7) is 4.56. The predicted octanol–water partition coefficient (Wildman–Crippen LogP) is 15.2. The normalized spacial score (nSPS) is 14.3. The first-order chi connectivity index (χ1) is 30.5. The average Bonchev–Trinajstić information content (AvgIpc) is 3.24. The van der Waals surface area contributed by atoms with Gasteiger partial charge in [0, 0.05) is 6.42 Å². The van der Waals surface area contributed by atoms with Gasteiger partial charge in [0.05, 0.1) is 39.9 Å². The maximum atomic E-state index is 12.8. The molecule has 1 amide bonds. The van der Waals surface area contributed by atoms with Gasteiger partial charge in [0.25, 0.3) is 7.82 Å². The number of aliphatic hydroxyl groups is 1.